The van der Waals surface area contributed by atoms with E-state index in [0.29, 0.717) is 18.2 Å². The third-order valence-corrected chi connectivity index (χ3v) is 4.21. The lowest BCUT2D eigenvalue weighted by molar-refractivity contribution is -0.118. The molecule has 0 radical (unpaired) electrons. The molecule has 2 fully saturated rings. The predicted molar refractivity (Wildman–Crippen MR) is 81.3 cm³/mol. The zero-order valence-corrected chi connectivity index (χ0v) is 13.6. The van der Waals surface area contributed by atoms with Gasteiger partial charge >= 0.3 is 6.09 Å². The Balaban J connectivity index is 1.80. The Bertz CT molecular complexity index is 381. The molecule has 5 heteroatoms. The summed E-state index contributed by atoms with van der Waals surface area (Å²) >= 11 is 0. The van der Waals surface area contributed by atoms with Crippen molar-refractivity contribution in [1.82, 2.24) is 9.80 Å². The number of ketones is 1. The minimum absolute atomic E-state index is 0.202. The third kappa shape index (κ3) is 4.99. The van der Waals surface area contributed by atoms with Gasteiger partial charge in [0.05, 0.1) is 0 Å². The first-order chi connectivity index (χ1) is 9.85. The van der Waals surface area contributed by atoms with E-state index in [9.17, 15) is 9.59 Å². The van der Waals surface area contributed by atoms with Crippen molar-refractivity contribution < 1.29 is 14.3 Å². The van der Waals surface area contributed by atoms with Gasteiger partial charge in [-0.1, -0.05) is 0 Å². The molecule has 0 atom stereocenters. The fourth-order valence-corrected chi connectivity index (χ4v) is 3.09. The molecule has 2 heterocycles. The molecular formula is C16H28N2O3. The number of carbonyl (C=O) groups excluding carboxylic acids is 2. The van der Waals surface area contributed by atoms with Gasteiger partial charge in [0.15, 0.2) is 0 Å². The molecule has 0 saturated carbocycles. The lowest BCUT2D eigenvalue weighted by atomic mass is 10.0. The first kappa shape index (κ1) is 16.3. The van der Waals surface area contributed by atoms with Crippen LogP contribution < -0.4 is 0 Å². The molecule has 0 unspecified atom stereocenters. The van der Waals surface area contributed by atoms with Crippen molar-refractivity contribution in [2.24, 2.45) is 0 Å². The van der Waals surface area contributed by atoms with Gasteiger partial charge in [0, 0.05) is 38.5 Å². The zero-order valence-electron chi connectivity index (χ0n) is 13.6. The van der Waals surface area contributed by atoms with Crippen LogP contribution in [0, 0.1) is 0 Å². The van der Waals surface area contributed by atoms with Crippen LogP contribution in [0.25, 0.3) is 0 Å². The Hall–Kier alpha value is -1.10. The van der Waals surface area contributed by atoms with E-state index in [-0.39, 0.29) is 6.09 Å². The minimum Gasteiger partial charge on any atom is -0.444 e. The molecule has 0 N–H and O–H groups in total. The lowest BCUT2D eigenvalue weighted by Gasteiger charge is -2.38. The van der Waals surface area contributed by atoms with Gasteiger partial charge in [-0.3, -0.25) is 9.69 Å². The summed E-state index contributed by atoms with van der Waals surface area (Å²) < 4.78 is 5.42. The molecule has 0 aliphatic carbocycles. The Labute approximate surface area is 127 Å². The quantitative estimate of drug-likeness (QED) is 0.746. The standard InChI is InChI=1S/C16H28N2O3/c1-16(2,3)21-15(20)18-10-6-13(7-11-18)17-9-4-5-14(19)8-12-17/h13H,4-12H2,1-3H3. The average Bonchev–Trinajstić information content (AvgIpc) is 2.62. The van der Waals surface area contributed by atoms with Crippen molar-refractivity contribution >= 4 is 11.9 Å². The molecule has 0 bridgehead atoms. The van der Waals surface area contributed by atoms with Gasteiger partial charge in [-0.2, -0.15) is 0 Å². The molecule has 2 aliphatic rings. The molecule has 5 nitrogen and oxygen atoms in total. The van der Waals surface area contributed by atoms with E-state index in [0.717, 1.165) is 51.9 Å². The molecule has 2 saturated heterocycles. The highest BCUT2D eigenvalue weighted by Gasteiger charge is 2.30. The number of carbonyl (C=O) groups is 2. The van der Waals surface area contributed by atoms with E-state index < -0.39 is 5.60 Å². The largest absolute Gasteiger partial charge is 0.444 e. The van der Waals surface area contributed by atoms with Gasteiger partial charge in [-0.25, -0.2) is 4.79 Å². The Morgan fingerprint density at radius 2 is 1.76 bits per heavy atom. The number of piperidine rings is 1. The monoisotopic (exact) mass is 296 g/mol. The van der Waals surface area contributed by atoms with E-state index >= 15 is 0 Å². The van der Waals surface area contributed by atoms with Gasteiger partial charge in [0.1, 0.15) is 11.4 Å². The second-order valence-electron chi connectivity index (χ2n) is 7.13. The normalized spacial score (nSPS) is 23.0. The van der Waals surface area contributed by atoms with Gasteiger partial charge in [-0.05, 0) is 46.6 Å². The maximum absolute atomic E-state index is 12.0. The molecule has 2 aliphatic heterocycles. The number of rotatable bonds is 1. The Kier molecular flexibility index (Phi) is 5.25. The molecule has 120 valence electrons. The van der Waals surface area contributed by atoms with Crippen molar-refractivity contribution in [3.63, 3.8) is 0 Å². The Morgan fingerprint density at radius 3 is 2.38 bits per heavy atom. The van der Waals surface area contributed by atoms with E-state index in [4.69, 9.17) is 4.74 Å². The van der Waals surface area contributed by atoms with Gasteiger partial charge in [0.2, 0.25) is 0 Å². The third-order valence-electron chi connectivity index (χ3n) is 4.21. The van der Waals surface area contributed by atoms with Gasteiger partial charge in [0.25, 0.3) is 0 Å². The molecular weight excluding hydrogens is 268 g/mol. The summed E-state index contributed by atoms with van der Waals surface area (Å²) in [6.45, 7) is 9.09. The SMILES string of the molecule is CC(C)(C)OC(=O)N1CCC(N2CCCC(=O)CC2)CC1. The number of hydrogen-bond acceptors (Lipinski definition) is 4. The lowest BCUT2D eigenvalue weighted by Crippen LogP contribution is -2.48. The van der Waals surface area contributed by atoms with Crippen molar-refractivity contribution in [2.45, 2.75) is 64.5 Å². The summed E-state index contributed by atoms with van der Waals surface area (Å²) in [4.78, 5) is 27.8. The second kappa shape index (κ2) is 6.77. The van der Waals surface area contributed by atoms with Crippen LogP contribution >= 0.6 is 0 Å². The van der Waals surface area contributed by atoms with Crippen LogP contribution in [0.15, 0.2) is 0 Å². The molecule has 0 aromatic rings. The minimum atomic E-state index is -0.431. The van der Waals surface area contributed by atoms with E-state index in [1.165, 1.54) is 0 Å². The molecule has 21 heavy (non-hydrogen) atoms. The fraction of sp³-hybridized carbons (Fsp3) is 0.875. The summed E-state index contributed by atoms with van der Waals surface area (Å²) in [7, 11) is 0. The van der Waals surface area contributed by atoms with Crippen LogP contribution in [0.1, 0.15) is 52.9 Å². The van der Waals surface area contributed by atoms with E-state index in [2.05, 4.69) is 4.90 Å². The summed E-state index contributed by atoms with van der Waals surface area (Å²) in [5, 5.41) is 0. The van der Waals surface area contributed by atoms with Gasteiger partial charge < -0.3 is 9.64 Å². The molecule has 1 amide bonds. The van der Waals surface area contributed by atoms with Crippen LogP contribution in [0.5, 0.6) is 0 Å². The first-order valence-electron chi connectivity index (χ1n) is 8.09. The summed E-state index contributed by atoms with van der Waals surface area (Å²) in [6.07, 6.45) is 4.15. The topological polar surface area (TPSA) is 49.9 Å². The van der Waals surface area contributed by atoms with Crippen molar-refractivity contribution in [3.8, 4) is 0 Å². The van der Waals surface area contributed by atoms with Crippen LogP contribution in [0.3, 0.4) is 0 Å². The smallest absolute Gasteiger partial charge is 0.410 e. The second-order valence-corrected chi connectivity index (χ2v) is 7.13. The average molecular weight is 296 g/mol. The number of likely N-dealkylation sites (tertiary alicyclic amines) is 2. The number of nitrogens with zero attached hydrogens (tertiary/aromatic N) is 2. The van der Waals surface area contributed by atoms with Crippen molar-refractivity contribution in [2.75, 3.05) is 26.2 Å². The maximum Gasteiger partial charge on any atom is 0.410 e. The number of hydrogen-bond donors (Lipinski definition) is 0. The number of Topliss-reactive ketones (excluding diaryl/α,β-unsaturated/α-hetero) is 1. The Morgan fingerprint density at radius 1 is 1.10 bits per heavy atom. The van der Waals surface area contributed by atoms with Crippen LogP contribution in [-0.2, 0) is 9.53 Å². The molecule has 2 rings (SSSR count). The van der Waals surface area contributed by atoms with Gasteiger partial charge in [-0.15, -0.1) is 0 Å². The van der Waals surface area contributed by atoms with Crippen molar-refractivity contribution in [3.05, 3.63) is 0 Å². The fourth-order valence-electron chi connectivity index (χ4n) is 3.09. The first-order valence-corrected chi connectivity index (χ1v) is 8.09. The van der Waals surface area contributed by atoms with Crippen LogP contribution in [-0.4, -0.2) is 59.5 Å². The summed E-state index contributed by atoms with van der Waals surface area (Å²) in [5.74, 6) is 0.392. The number of ether oxygens (including phenoxy) is 1. The summed E-state index contributed by atoms with van der Waals surface area (Å²) in [6, 6.07) is 0.509. The molecule has 0 aromatic heterocycles. The highest BCUT2D eigenvalue weighted by Crippen LogP contribution is 2.21. The zero-order chi connectivity index (χ0) is 15.5. The molecule has 0 aromatic carbocycles. The highest BCUT2D eigenvalue weighted by molar-refractivity contribution is 5.78. The molecule has 0 spiro atoms. The van der Waals surface area contributed by atoms with Crippen LogP contribution in [0.4, 0.5) is 4.79 Å². The van der Waals surface area contributed by atoms with E-state index in [1.54, 1.807) is 0 Å². The van der Waals surface area contributed by atoms with E-state index in [1.807, 2.05) is 25.7 Å². The number of amides is 1. The summed E-state index contributed by atoms with van der Waals surface area (Å²) in [5.41, 5.74) is -0.431. The maximum atomic E-state index is 12.0. The highest BCUT2D eigenvalue weighted by atomic mass is 16.6. The predicted octanol–water partition coefficient (Wildman–Crippen LogP) is 2.44. The van der Waals surface area contributed by atoms with Crippen LogP contribution in [0.2, 0.25) is 0 Å². The van der Waals surface area contributed by atoms with Crippen molar-refractivity contribution in [1.29, 1.82) is 0 Å².